The second kappa shape index (κ2) is 3.54. The Labute approximate surface area is 91.0 Å². The predicted molar refractivity (Wildman–Crippen MR) is 51.3 cm³/mol. The summed E-state index contributed by atoms with van der Waals surface area (Å²) in [5, 5.41) is 16.5. The van der Waals surface area contributed by atoms with Gasteiger partial charge in [-0.3, -0.25) is 4.90 Å². The lowest BCUT2D eigenvalue weighted by atomic mass is 10.2. The van der Waals surface area contributed by atoms with Gasteiger partial charge in [0.05, 0.1) is 0 Å². The first-order chi connectivity index (χ1) is 7.54. The van der Waals surface area contributed by atoms with E-state index in [1.807, 2.05) is 0 Å². The normalized spacial score (nSPS) is 29.2. The third-order valence-corrected chi connectivity index (χ3v) is 2.70. The summed E-state index contributed by atoms with van der Waals surface area (Å²) in [6, 6.07) is -1.84. The number of carbonyl (C=O) groups excluding carboxylic acids is 2. The number of aliphatic carboxylic acids is 1. The van der Waals surface area contributed by atoms with Crippen molar-refractivity contribution in [1.82, 2.24) is 20.9 Å². The highest BCUT2D eigenvalue weighted by molar-refractivity contribution is 5.88. The van der Waals surface area contributed by atoms with Crippen molar-refractivity contribution in [3.05, 3.63) is 0 Å². The fourth-order valence-electron chi connectivity index (χ4n) is 1.98. The molecular weight excluding hydrogens is 216 g/mol. The fourth-order valence-corrected chi connectivity index (χ4v) is 1.98. The van der Waals surface area contributed by atoms with E-state index in [1.165, 1.54) is 0 Å². The standard InChI is InChI=1S/C8H12N4O4/c1-2-3(6(13)14)12-5-4(10-8(12)16)9-7(15)11-5/h3-5H,2H2,1H3,(H,10,16)(H,13,14)(H2,9,11,15). The average Bonchev–Trinajstić information content (AvgIpc) is 2.65. The highest BCUT2D eigenvalue weighted by Crippen LogP contribution is 2.19. The summed E-state index contributed by atoms with van der Waals surface area (Å²) in [4.78, 5) is 34.7. The van der Waals surface area contributed by atoms with E-state index in [1.54, 1.807) is 6.92 Å². The number of fused-ring (bicyclic) bond motifs is 1. The van der Waals surface area contributed by atoms with Crippen LogP contribution in [0.3, 0.4) is 0 Å². The summed E-state index contributed by atoms with van der Waals surface area (Å²) < 4.78 is 0. The van der Waals surface area contributed by atoms with Crippen molar-refractivity contribution in [3.8, 4) is 0 Å². The van der Waals surface area contributed by atoms with Gasteiger partial charge in [-0.25, -0.2) is 14.4 Å². The van der Waals surface area contributed by atoms with Crippen molar-refractivity contribution in [3.63, 3.8) is 0 Å². The first-order valence-electron chi connectivity index (χ1n) is 4.93. The lowest BCUT2D eigenvalue weighted by Crippen LogP contribution is -2.51. The number of urea groups is 2. The molecule has 0 radical (unpaired) electrons. The Balaban J connectivity index is 2.22. The minimum Gasteiger partial charge on any atom is -0.480 e. The summed E-state index contributed by atoms with van der Waals surface area (Å²) >= 11 is 0. The van der Waals surface area contributed by atoms with Gasteiger partial charge in [0.1, 0.15) is 18.4 Å². The van der Waals surface area contributed by atoms with Crippen LogP contribution in [-0.2, 0) is 4.79 Å². The molecule has 88 valence electrons. The van der Waals surface area contributed by atoms with Crippen LogP contribution in [0.4, 0.5) is 9.59 Å². The first kappa shape index (κ1) is 10.5. The minimum atomic E-state index is -1.08. The molecule has 8 nitrogen and oxygen atoms in total. The first-order valence-corrected chi connectivity index (χ1v) is 4.93. The van der Waals surface area contributed by atoms with Crippen LogP contribution in [0.2, 0.25) is 0 Å². The summed E-state index contributed by atoms with van der Waals surface area (Å²) in [7, 11) is 0. The Morgan fingerprint density at radius 2 is 2.12 bits per heavy atom. The predicted octanol–water partition coefficient (Wildman–Crippen LogP) is -1.16. The molecule has 4 N–H and O–H groups in total. The molecule has 16 heavy (non-hydrogen) atoms. The molecule has 8 heteroatoms. The van der Waals surface area contributed by atoms with E-state index in [0.717, 1.165) is 4.90 Å². The van der Waals surface area contributed by atoms with Gasteiger partial charge >= 0.3 is 18.0 Å². The molecule has 2 rings (SSSR count). The zero-order valence-corrected chi connectivity index (χ0v) is 8.56. The van der Waals surface area contributed by atoms with Gasteiger partial charge in [-0.05, 0) is 6.42 Å². The molecule has 2 aliphatic rings. The number of hydrogen-bond acceptors (Lipinski definition) is 3. The largest absolute Gasteiger partial charge is 0.480 e. The maximum Gasteiger partial charge on any atom is 0.326 e. The average molecular weight is 228 g/mol. The zero-order chi connectivity index (χ0) is 11.9. The summed E-state index contributed by atoms with van der Waals surface area (Å²) in [6.45, 7) is 1.67. The van der Waals surface area contributed by atoms with Crippen LogP contribution in [0, 0.1) is 0 Å². The zero-order valence-electron chi connectivity index (χ0n) is 8.56. The second-order valence-electron chi connectivity index (χ2n) is 3.66. The number of carbonyl (C=O) groups is 3. The lowest BCUT2D eigenvalue weighted by Gasteiger charge is -2.26. The van der Waals surface area contributed by atoms with Gasteiger partial charge < -0.3 is 21.1 Å². The van der Waals surface area contributed by atoms with Crippen LogP contribution in [0.5, 0.6) is 0 Å². The van der Waals surface area contributed by atoms with E-state index in [0.29, 0.717) is 0 Å². The van der Waals surface area contributed by atoms with Crippen LogP contribution in [0.1, 0.15) is 13.3 Å². The van der Waals surface area contributed by atoms with Crippen LogP contribution in [-0.4, -0.2) is 46.4 Å². The van der Waals surface area contributed by atoms with Gasteiger partial charge in [0.25, 0.3) is 0 Å². The second-order valence-corrected chi connectivity index (χ2v) is 3.66. The maximum absolute atomic E-state index is 11.6. The Hall–Kier alpha value is -1.99. The third kappa shape index (κ3) is 1.42. The number of carboxylic acids is 1. The lowest BCUT2D eigenvalue weighted by molar-refractivity contribution is -0.142. The molecule has 2 saturated heterocycles. The van der Waals surface area contributed by atoms with Crippen molar-refractivity contribution in [1.29, 1.82) is 0 Å². The quantitative estimate of drug-likeness (QED) is 0.488. The monoisotopic (exact) mass is 228 g/mol. The summed E-state index contributed by atoms with van der Waals surface area (Å²) in [6.07, 6.45) is -0.920. The molecule has 0 saturated carbocycles. The molecule has 2 heterocycles. The van der Waals surface area contributed by atoms with Gasteiger partial charge in [-0.2, -0.15) is 0 Å². The van der Waals surface area contributed by atoms with Crippen molar-refractivity contribution in [2.75, 3.05) is 0 Å². The summed E-state index contributed by atoms with van der Waals surface area (Å²) in [5.41, 5.74) is 0. The molecule has 0 aromatic heterocycles. The molecule has 0 aromatic carbocycles. The molecule has 0 aliphatic carbocycles. The van der Waals surface area contributed by atoms with E-state index >= 15 is 0 Å². The van der Waals surface area contributed by atoms with Gasteiger partial charge in [0.15, 0.2) is 0 Å². The van der Waals surface area contributed by atoms with Crippen LogP contribution in [0.25, 0.3) is 0 Å². The Bertz CT molecular complexity index is 358. The van der Waals surface area contributed by atoms with Gasteiger partial charge in [-0.15, -0.1) is 0 Å². The number of nitrogens with zero attached hydrogens (tertiary/aromatic N) is 1. The van der Waals surface area contributed by atoms with E-state index in [9.17, 15) is 14.4 Å². The number of carboxylic acid groups (broad SMARTS) is 1. The van der Waals surface area contributed by atoms with E-state index in [4.69, 9.17) is 5.11 Å². The third-order valence-electron chi connectivity index (χ3n) is 2.70. The van der Waals surface area contributed by atoms with Crippen LogP contribution >= 0.6 is 0 Å². The Morgan fingerprint density at radius 3 is 2.69 bits per heavy atom. The van der Waals surface area contributed by atoms with Crippen molar-refractivity contribution in [2.24, 2.45) is 0 Å². The minimum absolute atomic E-state index is 0.280. The topological polar surface area (TPSA) is 111 Å². The smallest absolute Gasteiger partial charge is 0.326 e. The fraction of sp³-hybridized carbons (Fsp3) is 0.625. The van der Waals surface area contributed by atoms with Gasteiger partial charge in [-0.1, -0.05) is 6.92 Å². The molecule has 0 spiro atoms. The van der Waals surface area contributed by atoms with Gasteiger partial charge in [0.2, 0.25) is 0 Å². The van der Waals surface area contributed by atoms with E-state index in [-0.39, 0.29) is 6.42 Å². The molecule has 3 unspecified atom stereocenters. The molecule has 0 aromatic rings. The van der Waals surface area contributed by atoms with Crippen molar-refractivity contribution in [2.45, 2.75) is 31.7 Å². The van der Waals surface area contributed by atoms with Crippen LogP contribution in [0.15, 0.2) is 0 Å². The number of amides is 4. The van der Waals surface area contributed by atoms with Crippen molar-refractivity contribution < 1.29 is 19.5 Å². The molecule has 0 bridgehead atoms. The Morgan fingerprint density at radius 1 is 1.44 bits per heavy atom. The Kier molecular flexibility index (Phi) is 2.33. The molecule has 4 amide bonds. The highest BCUT2D eigenvalue weighted by atomic mass is 16.4. The molecule has 2 fully saturated rings. The van der Waals surface area contributed by atoms with E-state index < -0.39 is 36.4 Å². The number of rotatable bonds is 3. The maximum atomic E-state index is 11.6. The molecule has 2 aliphatic heterocycles. The van der Waals surface area contributed by atoms with Gasteiger partial charge in [0, 0.05) is 0 Å². The van der Waals surface area contributed by atoms with E-state index in [2.05, 4.69) is 16.0 Å². The van der Waals surface area contributed by atoms with Crippen molar-refractivity contribution >= 4 is 18.0 Å². The molecular formula is C8H12N4O4. The number of hydrogen-bond donors (Lipinski definition) is 4. The van der Waals surface area contributed by atoms with Crippen LogP contribution < -0.4 is 16.0 Å². The highest BCUT2D eigenvalue weighted by Gasteiger charge is 2.49. The molecule has 3 atom stereocenters. The SMILES string of the molecule is CCC(C(=O)O)N1C(=O)NC2NC(=O)NC21. The summed E-state index contributed by atoms with van der Waals surface area (Å²) in [5.74, 6) is -1.08. The number of nitrogens with one attached hydrogen (secondary N) is 3.